The van der Waals surface area contributed by atoms with E-state index >= 15 is 0 Å². The Labute approximate surface area is 199 Å². The van der Waals surface area contributed by atoms with Crippen molar-refractivity contribution in [2.45, 2.75) is 32.0 Å². The minimum atomic E-state index is -0.376. The lowest BCUT2D eigenvalue weighted by Crippen LogP contribution is -2.43. The van der Waals surface area contributed by atoms with Crippen LogP contribution in [0.3, 0.4) is 0 Å². The first-order valence-corrected chi connectivity index (χ1v) is 11.7. The molecule has 1 N–H and O–H groups in total. The van der Waals surface area contributed by atoms with Crippen LogP contribution in [-0.2, 0) is 13.1 Å². The van der Waals surface area contributed by atoms with Crippen LogP contribution in [0.15, 0.2) is 51.9 Å². The molecule has 1 aliphatic heterocycles. The van der Waals surface area contributed by atoms with Gasteiger partial charge in [-0.3, -0.25) is 14.9 Å². The van der Waals surface area contributed by atoms with Gasteiger partial charge >= 0.3 is 0 Å². The van der Waals surface area contributed by atoms with Crippen molar-refractivity contribution in [3.63, 3.8) is 0 Å². The Kier molecular flexibility index (Phi) is 7.36. The molecule has 2 heterocycles. The van der Waals surface area contributed by atoms with Crippen LogP contribution in [0.2, 0.25) is 0 Å². The Morgan fingerprint density at radius 2 is 2.00 bits per heavy atom. The molecule has 1 saturated heterocycles. The van der Waals surface area contributed by atoms with E-state index in [1.165, 1.54) is 6.20 Å². The Morgan fingerprint density at radius 1 is 1.21 bits per heavy atom. The van der Waals surface area contributed by atoms with Crippen LogP contribution in [0.1, 0.15) is 18.4 Å². The van der Waals surface area contributed by atoms with Crippen molar-refractivity contribution in [3.05, 3.63) is 73.1 Å². The Morgan fingerprint density at radius 3 is 2.73 bits per heavy atom. The third kappa shape index (κ3) is 5.58. The van der Waals surface area contributed by atoms with Gasteiger partial charge in [0.2, 0.25) is 0 Å². The van der Waals surface area contributed by atoms with Crippen LogP contribution in [0, 0.1) is 10.1 Å². The summed E-state index contributed by atoms with van der Waals surface area (Å²) in [5.41, 5.74) is 2.41. The number of rotatable bonds is 8. The van der Waals surface area contributed by atoms with Gasteiger partial charge in [-0.05, 0) is 65.6 Å². The van der Waals surface area contributed by atoms with E-state index in [1.807, 2.05) is 24.3 Å². The fraction of sp³-hybridized carbons (Fsp3) is 0.391. The van der Waals surface area contributed by atoms with Crippen molar-refractivity contribution in [1.82, 2.24) is 19.8 Å². The molecule has 0 spiro atoms. The standard InChI is InChI=1S/C23H26BrN5O4/c1-33-18-3-5-20-22(13-18)28(23(30)15-26-20)11-10-27-8-6-17(7-9-27)25-14-16-2-4-19(24)21(12-16)29(31)32/h2-5,12-13,15,17,25H,6-11,14H2,1H3. The lowest BCUT2D eigenvalue weighted by molar-refractivity contribution is -0.385. The van der Waals surface area contributed by atoms with Gasteiger partial charge in [-0.2, -0.15) is 0 Å². The summed E-state index contributed by atoms with van der Waals surface area (Å²) >= 11 is 3.22. The molecule has 0 unspecified atom stereocenters. The predicted molar refractivity (Wildman–Crippen MR) is 130 cm³/mol. The summed E-state index contributed by atoms with van der Waals surface area (Å²) in [5, 5.41) is 14.6. The van der Waals surface area contributed by atoms with E-state index in [9.17, 15) is 14.9 Å². The molecule has 0 aliphatic carbocycles. The molecule has 1 aliphatic rings. The average molecular weight is 516 g/mol. The second-order valence-electron chi connectivity index (χ2n) is 8.14. The first-order valence-electron chi connectivity index (χ1n) is 10.9. The van der Waals surface area contributed by atoms with E-state index in [0.717, 1.165) is 49.1 Å². The third-order valence-electron chi connectivity index (χ3n) is 6.08. The number of nitro benzene ring substituents is 1. The molecule has 0 radical (unpaired) electrons. The molecule has 2 aromatic carbocycles. The van der Waals surface area contributed by atoms with Gasteiger partial charge in [0.15, 0.2) is 0 Å². The highest BCUT2D eigenvalue weighted by Gasteiger charge is 2.20. The minimum Gasteiger partial charge on any atom is -0.497 e. The number of nitrogens with one attached hydrogen (secondary N) is 1. The minimum absolute atomic E-state index is 0.0839. The van der Waals surface area contributed by atoms with Crippen molar-refractivity contribution >= 4 is 32.7 Å². The van der Waals surface area contributed by atoms with Crippen LogP contribution in [-0.4, -0.2) is 52.2 Å². The monoisotopic (exact) mass is 515 g/mol. The van der Waals surface area contributed by atoms with Gasteiger partial charge in [0, 0.05) is 37.8 Å². The van der Waals surface area contributed by atoms with Crippen LogP contribution < -0.4 is 15.6 Å². The van der Waals surface area contributed by atoms with Gasteiger partial charge in [0.1, 0.15) is 5.75 Å². The number of likely N-dealkylation sites (tertiary alicyclic amines) is 1. The molecule has 0 bridgehead atoms. The fourth-order valence-electron chi connectivity index (χ4n) is 4.17. The van der Waals surface area contributed by atoms with E-state index in [0.29, 0.717) is 29.4 Å². The van der Waals surface area contributed by atoms with Gasteiger partial charge in [0.25, 0.3) is 11.2 Å². The Bertz CT molecular complexity index is 1210. The zero-order valence-corrected chi connectivity index (χ0v) is 20.0. The average Bonchev–Trinajstić information content (AvgIpc) is 2.83. The van der Waals surface area contributed by atoms with E-state index in [2.05, 4.69) is 31.1 Å². The summed E-state index contributed by atoms with van der Waals surface area (Å²) in [6.07, 6.45) is 3.34. The number of hydrogen-bond donors (Lipinski definition) is 1. The predicted octanol–water partition coefficient (Wildman–Crippen LogP) is 3.33. The van der Waals surface area contributed by atoms with Gasteiger partial charge < -0.3 is 19.5 Å². The van der Waals surface area contributed by atoms with E-state index in [4.69, 9.17) is 4.74 Å². The molecule has 9 nitrogen and oxygen atoms in total. The molecule has 3 aromatic rings. The highest BCUT2D eigenvalue weighted by Crippen LogP contribution is 2.26. The molecule has 0 amide bonds. The second kappa shape index (κ2) is 10.4. The quantitative estimate of drug-likeness (QED) is 0.362. The molecule has 0 atom stereocenters. The SMILES string of the molecule is COc1ccc2ncc(=O)n(CCN3CCC(NCc4ccc(Br)c([N+](=O)[O-])c4)CC3)c2c1. The van der Waals surface area contributed by atoms with E-state index in [1.54, 1.807) is 23.8 Å². The maximum Gasteiger partial charge on any atom is 0.283 e. The van der Waals surface area contributed by atoms with Gasteiger partial charge in [-0.25, -0.2) is 4.98 Å². The third-order valence-corrected chi connectivity index (χ3v) is 6.75. The van der Waals surface area contributed by atoms with Crippen LogP contribution in [0.25, 0.3) is 11.0 Å². The fourth-order valence-corrected chi connectivity index (χ4v) is 4.56. The number of nitrogens with zero attached hydrogens (tertiary/aromatic N) is 4. The zero-order chi connectivity index (χ0) is 23.4. The van der Waals surface area contributed by atoms with Gasteiger partial charge in [0.05, 0.1) is 33.7 Å². The molecule has 174 valence electrons. The van der Waals surface area contributed by atoms with E-state index in [-0.39, 0.29) is 16.2 Å². The van der Waals surface area contributed by atoms with Crippen LogP contribution in [0.5, 0.6) is 5.75 Å². The highest BCUT2D eigenvalue weighted by atomic mass is 79.9. The summed E-state index contributed by atoms with van der Waals surface area (Å²) in [5.74, 6) is 0.701. The number of ether oxygens (including phenoxy) is 1. The molecule has 0 saturated carbocycles. The van der Waals surface area contributed by atoms with Crippen molar-refractivity contribution in [2.24, 2.45) is 0 Å². The Hall–Kier alpha value is -2.82. The molecule has 4 rings (SSSR count). The highest BCUT2D eigenvalue weighted by molar-refractivity contribution is 9.10. The first kappa shape index (κ1) is 23.3. The number of benzene rings is 2. The van der Waals surface area contributed by atoms with Gasteiger partial charge in [-0.15, -0.1) is 0 Å². The summed E-state index contributed by atoms with van der Waals surface area (Å²) in [6.45, 7) is 3.82. The summed E-state index contributed by atoms with van der Waals surface area (Å²) in [4.78, 5) is 29.8. The molecular formula is C23H26BrN5O4. The largest absolute Gasteiger partial charge is 0.497 e. The normalized spacial score (nSPS) is 15.1. The van der Waals surface area contributed by atoms with E-state index < -0.39 is 0 Å². The van der Waals surface area contributed by atoms with Crippen molar-refractivity contribution in [3.8, 4) is 5.75 Å². The molecule has 10 heteroatoms. The van der Waals surface area contributed by atoms with Crippen molar-refractivity contribution in [1.29, 1.82) is 0 Å². The molecule has 1 fully saturated rings. The number of aromatic nitrogens is 2. The lowest BCUT2D eigenvalue weighted by atomic mass is 10.0. The Balaban J connectivity index is 1.31. The lowest BCUT2D eigenvalue weighted by Gasteiger charge is -2.32. The summed E-state index contributed by atoms with van der Waals surface area (Å²) in [7, 11) is 1.61. The topological polar surface area (TPSA) is 103 Å². The van der Waals surface area contributed by atoms with Crippen molar-refractivity contribution in [2.75, 3.05) is 26.7 Å². The summed E-state index contributed by atoms with van der Waals surface area (Å²) in [6, 6.07) is 11.1. The number of halogens is 1. The van der Waals surface area contributed by atoms with Crippen LogP contribution in [0.4, 0.5) is 5.69 Å². The number of fused-ring (bicyclic) bond motifs is 1. The smallest absolute Gasteiger partial charge is 0.283 e. The number of piperidine rings is 1. The van der Waals surface area contributed by atoms with Gasteiger partial charge in [-0.1, -0.05) is 6.07 Å². The summed E-state index contributed by atoms with van der Waals surface area (Å²) < 4.78 is 7.56. The maximum atomic E-state index is 12.5. The first-order chi connectivity index (χ1) is 15.9. The maximum absolute atomic E-state index is 12.5. The van der Waals surface area contributed by atoms with Crippen molar-refractivity contribution < 1.29 is 9.66 Å². The molecular weight excluding hydrogens is 490 g/mol. The molecule has 33 heavy (non-hydrogen) atoms. The molecule has 1 aromatic heterocycles. The second-order valence-corrected chi connectivity index (χ2v) is 9.00. The zero-order valence-electron chi connectivity index (χ0n) is 18.4. The van der Waals surface area contributed by atoms with Crippen LogP contribution >= 0.6 is 15.9 Å². The number of hydrogen-bond acceptors (Lipinski definition) is 7. The number of nitro groups is 1. The number of methoxy groups -OCH3 is 1.